The number of rotatable bonds is 2. The minimum atomic E-state index is 0.230. The minimum absolute atomic E-state index is 0.230. The molecule has 2 aromatic carbocycles. The lowest BCUT2D eigenvalue weighted by Gasteiger charge is -1.97. The second-order valence-electron chi connectivity index (χ2n) is 5.23. The van der Waals surface area contributed by atoms with Crippen LogP contribution in [-0.4, -0.2) is 16.9 Å². The summed E-state index contributed by atoms with van der Waals surface area (Å²) in [6, 6.07) is 13.5. The Morgan fingerprint density at radius 1 is 1.04 bits per heavy atom. The molecule has 5 rings (SSSR count). The Hall–Kier alpha value is -2.57. The molecule has 7 heteroatoms. The summed E-state index contributed by atoms with van der Waals surface area (Å²) in [4.78, 5) is 5.26. The highest BCUT2D eigenvalue weighted by Gasteiger charge is 2.20. The SMILES string of the molecule is Clc1c(-c2nc(-c3ccc4c(c3)OCO4)no2)sc2ccccc12. The van der Waals surface area contributed by atoms with Gasteiger partial charge in [-0.25, -0.2) is 0 Å². The maximum atomic E-state index is 6.47. The molecule has 0 atom stereocenters. The first kappa shape index (κ1) is 13.8. The van der Waals surface area contributed by atoms with Crippen LogP contribution >= 0.6 is 22.9 Å². The molecule has 0 saturated carbocycles. The Bertz CT molecular complexity index is 1070. The highest BCUT2D eigenvalue weighted by molar-refractivity contribution is 7.23. The number of benzene rings is 2. The summed E-state index contributed by atoms with van der Waals surface area (Å²) in [5.41, 5.74) is 0.798. The summed E-state index contributed by atoms with van der Waals surface area (Å²) in [7, 11) is 0. The third-order valence-corrected chi connectivity index (χ3v) is 5.45. The molecule has 0 fully saturated rings. The molecule has 0 unspecified atom stereocenters. The van der Waals surface area contributed by atoms with Crippen molar-refractivity contribution >= 4 is 33.0 Å². The van der Waals surface area contributed by atoms with Crippen LogP contribution in [0.5, 0.6) is 11.5 Å². The van der Waals surface area contributed by atoms with Gasteiger partial charge in [-0.1, -0.05) is 35.0 Å². The Kier molecular flexibility index (Phi) is 3.01. The second-order valence-corrected chi connectivity index (χ2v) is 6.66. The first-order valence-electron chi connectivity index (χ1n) is 7.21. The molecule has 4 aromatic rings. The van der Waals surface area contributed by atoms with Crippen molar-refractivity contribution < 1.29 is 14.0 Å². The van der Waals surface area contributed by atoms with E-state index >= 15 is 0 Å². The molecular weight excluding hydrogens is 348 g/mol. The summed E-state index contributed by atoms with van der Waals surface area (Å²) < 4.78 is 17.2. The van der Waals surface area contributed by atoms with Gasteiger partial charge < -0.3 is 14.0 Å². The summed E-state index contributed by atoms with van der Waals surface area (Å²) in [5.74, 6) is 2.29. The number of fused-ring (bicyclic) bond motifs is 2. The van der Waals surface area contributed by atoms with Crippen LogP contribution < -0.4 is 9.47 Å². The molecule has 0 saturated heterocycles. The highest BCUT2D eigenvalue weighted by Crippen LogP contribution is 2.42. The highest BCUT2D eigenvalue weighted by atomic mass is 35.5. The van der Waals surface area contributed by atoms with Gasteiger partial charge in [0, 0.05) is 15.6 Å². The van der Waals surface area contributed by atoms with Gasteiger partial charge in [-0.15, -0.1) is 11.3 Å². The number of thiophene rings is 1. The Morgan fingerprint density at radius 3 is 2.83 bits per heavy atom. The van der Waals surface area contributed by atoms with E-state index in [-0.39, 0.29) is 6.79 Å². The average molecular weight is 357 g/mol. The molecular formula is C17H9ClN2O3S. The average Bonchev–Trinajstić information content (AvgIpc) is 3.32. The zero-order valence-corrected chi connectivity index (χ0v) is 13.7. The van der Waals surface area contributed by atoms with Gasteiger partial charge in [0.1, 0.15) is 4.88 Å². The molecule has 3 heterocycles. The minimum Gasteiger partial charge on any atom is -0.454 e. The van der Waals surface area contributed by atoms with Crippen LogP contribution in [-0.2, 0) is 0 Å². The van der Waals surface area contributed by atoms with Gasteiger partial charge in [-0.3, -0.25) is 0 Å². The van der Waals surface area contributed by atoms with Crippen molar-refractivity contribution in [2.24, 2.45) is 0 Å². The van der Waals surface area contributed by atoms with E-state index in [2.05, 4.69) is 10.1 Å². The molecule has 2 aromatic heterocycles. The van der Waals surface area contributed by atoms with Crippen LogP contribution in [0.2, 0.25) is 5.02 Å². The Labute approximate surface area is 145 Å². The van der Waals surface area contributed by atoms with E-state index in [0.29, 0.717) is 22.5 Å². The van der Waals surface area contributed by atoms with E-state index in [1.54, 1.807) is 0 Å². The first-order valence-corrected chi connectivity index (χ1v) is 8.40. The molecule has 5 nitrogen and oxygen atoms in total. The molecule has 118 valence electrons. The maximum Gasteiger partial charge on any atom is 0.269 e. The van der Waals surface area contributed by atoms with Crippen molar-refractivity contribution in [2.45, 2.75) is 0 Å². The number of hydrogen-bond acceptors (Lipinski definition) is 6. The normalized spacial score (nSPS) is 12.9. The van der Waals surface area contributed by atoms with Crippen molar-refractivity contribution in [3.8, 4) is 33.7 Å². The fourth-order valence-electron chi connectivity index (χ4n) is 2.62. The maximum absolute atomic E-state index is 6.47. The monoisotopic (exact) mass is 356 g/mol. The lowest BCUT2D eigenvalue weighted by Crippen LogP contribution is -1.92. The third-order valence-electron chi connectivity index (χ3n) is 3.79. The van der Waals surface area contributed by atoms with Gasteiger partial charge in [-0.2, -0.15) is 4.98 Å². The second kappa shape index (κ2) is 5.22. The zero-order valence-electron chi connectivity index (χ0n) is 12.2. The first-order chi connectivity index (χ1) is 11.8. The third kappa shape index (κ3) is 2.07. The van der Waals surface area contributed by atoms with Crippen molar-refractivity contribution in [2.75, 3.05) is 6.79 Å². The van der Waals surface area contributed by atoms with E-state index in [4.69, 9.17) is 25.6 Å². The van der Waals surface area contributed by atoms with Crippen LogP contribution in [0.3, 0.4) is 0 Å². The Morgan fingerprint density at radius 2 is 1.92 bits per heavy atom. The number of halogens is 1. The molecule has 1 aliphatic heterocycles. The number of ether oxygens (including phenoxy) is 2. The van der Waals surface area contributed by atoms with Gasteiger partial charge in [0.2, 0.25) is 12.6 Å². The van der Waals surface area contributed by atoms with Gasteiger partial charge in [-0.05, 0) is 24.3 Å². The summed E-state index contributed by atoms with van der Waals surface area (Å²) >= 11 is 8.00. The van der Waals surface area contributed by atoms with Crippen LogP contribution in [0.1, 0.15) is 0 Å². The molecule has 0 bridgehead atoms. The van der Waals surface area contributed by atoms with Crippen molar-refractivity contribution in [3.05, 3.63) is 47.5 Å². The summed E-state index contributed by atoms with van der Waals surface area (Å²) in [5, 5.41) is 5.69. The Balaban J connectivity index is 1.58. The van der Waals surface area contributed by atoms with Crippen LogP contribution in [0.25, 0.3) is 32.2 Å². The lowest BCUT2D eigenvalue weighted by molar-refractivity contribution is 0.174. The van der Waals surface area contributed by atoms with Gasteiger partial charge in [0.15, 0.2) is 11.5 Å². The quantitative estimate of drug-likeness (QED) is 0.506. The molecule has 0 N–H and O–H groups in total. The fourth-order valence-corrected chi connectivity index (χ4v) is 4.05. The van der Waals surface area contributed by atoms with Gasteiger partial charge >= 0.3 is 0 Å². The van der Waals surface area contributed by atoms with Crippen molar-refractivity contribution in [1.82, 2.24) is 10.1 Å². The van der Waals surface area contributed by atoms with Crippen LogP contribution in [0, 0.1) is 0 Å². The lowest BCUT2D eigenvalue weighted by atomic mass is 10.2. The molecule has 0 spiro atoms. The van der Waals surface area contributed by atoms with E-state index < -0.39 is 0 Å². The van der Waals surface area contributed by atoms with Crippen LogP contribution in [0.15, 0.2) is 47.0 Å². The van der Waals surface area contributed by atoms with E-state index in [1.165, 1.54) is 11.3 Å². The molecule has 0 amide bonds. The van der Waals surface area contributed by atoms with Gasteiger partial charge in [0.05, 0.1) is 5.02 Å². The smallest absolute Gasteiger partial charge is 0.269 e. The predicted molar refractivity (Wildman–Crippen MR) is 91.7 cm³/mol. The van der Waals surface area contributed by atoms with Crippen LogP contribution in [0.4, 0.5) is 0 Å². The number of hydrogen-bond donors (Lipinski definition) is 0. The molecule has 1 aliphatic rings. The van der Waals surface area contributed by atoms with Crippen molar-refractivity contribution in [1.29, 1.82) is 0 Å². The topological polar surface area (TPSA) is 57.4 Å². The van der Waals surface area contributed by atoms with E-state index in [1.807, 2.05) is 42.5 Å². The largest absolute Gasteiger partial charge is 0.454 e. The predicted octanol–water partition coefficient (Wildman–Crippen LogP) is 5.00. The molecule has 0 radical (unpaired) electrons. The fraction of sp³-hybridized carbons (Fsp3) is 0.0588. The van der Waals surface area contributed by atoms with E-state index in [0.717, 1.165) is 26.3 Å². The number of aromatic nitrogens is 2. The summed E-state index contributed by atoms with van der Waals surface area (Å²) in [6.07, 6.45) is 0. The standard InChI is InChI=1S/C17H9ClN2O3S/c18-14-10-3-1-2-4-13(10)24-15(14)17-19-16(20-23-17)9-5-6-11-12(7-9)22-8-21-11/h1-7H,8H2. The zero-order chi connectivity index (χ0) is 16.1. The summed E-state index contributed by atoms with van der Waals surface area (Å²) in [6.45, 7) is 0.230. The molecule has 0 aliphatic carbocycles. The van der Waals surface area contributed by atoms with E-state index in [9.17, 15) is 0 Å². The van der Waals surface area contributed by atoms with Crippen molar-refractivity contribution in [3.63, 3.8) is 0 Å². The van der Waals surface area contributed by atoms with Gasteiger partial charge in [0.25, 0.3) is 5.89 Å². The molecule has 24 heavy (non-hydrogen) atoms. The number of nitrogens with zero attached hydrogens (tertiary/aromatic N) is 2.